The van der Waals surface area contributed by atoms with Crippen molar-refractivity contribution in [1.29, 1.82) is 0 Å². The van der Waals surface area contributed by atoms with Gasteiger partial charge in [-0.2, -0.15) is 4.57 Å². The number of imidazole rings is 1. The third kappa shape index (κ3) is 4.76. The van der Waals surface area contributed by atoms with Gasteiger partial charge in [-0.25, -0.2) is 4.57 Å². The summed E-state index contributed by atoms with van der Waals surface area (Å²) in [6.45, 7) is 18.3. The van der Waals surface area contributed by atoms with Crippen LogP contribution in [0.5, 0.6) is 0 Å². The Morgan fingerprint density at radius 3 is 1.98 bits per heavy atom. The van der Waals surface area contributed by atoms with E-state index < -0.39 is 0 Å². The zero-order valence-corrected chi connectivity index (χ0v) is 28.7. The second kappa shape index (κ2) is 11.0. The highest BCUT2D eigenvalue weighted by Gasteiger charge is 2.34. The number of hydrogen-bond acceptors (Lipinski definition) is 1. The van der Waals surface area contributed by atoms with Crippen LogP contribution in [0.25, 0.3) is 61.2 Å². The fourth-order valence-corrected chi connectivity index (χ4v) is 7.12. The summed E-state index contributed by atoms with van der Waals surface area (Å²) in [4.78, 5) is 0. The molecule has 0 aliphatic rings. The normalized spacial score (nSPS) is 12.4. The molecule has 0 unspecified atom stereocenters. The molecular weight excluding hydrogens is 560 g/mol. The van der Waals surface area contributed by atoms with Crippen LogP contribution >= 0.6 is 0 Å². The molecule has 0 saturated carbocycles. The Bertz CT molecular complexity index is 2230. The van der Waals surface area contributed by atoms with E-state index in [1.54, 1.807) is 0 Å². The smallest absolute Gasteiger partial charge is 0.299 e. The summed E-state index contributed by atoms with van der Waals surface area (Å²) in [5.74, 6) is 1.76. The number of benzene rings is 5. The van der Waals surface area contributed by atoms with Crippen molar-refractivity contribution in [3.05, 3.63) is 119 Å². The number of para-hydroxylation sites is 2. The standard InChI is InChI=1S/C43H45N2O/c1-26(2)34-23-30(29-15-11-10-12-16-29)24-35(27(3)4)40(34)45-37-18-14-13-17-36(37)44(9)42(45)39-28(5)19-21-33-32-22-20-31(43(6,7)8)25-38(32)46-41(33)39/h10-27H,1-9H3/q+1. The fraction of sp³-hybridized carbons (Fsp3) is 0.279. The molecule has 46 heavy (non-hydrogen) atoms. The van der Waals surface area contributed by atoms with Crippen molar-refractivity contribution >= 4 is 33.0 Å². The summed E-state index contributed by atoms with van der Waals surface area (Å²) in [5.41, 5.74) is 14.4. The number of hydrogen-bond donors (Lipinski definition) is 0. The predicted octanol–water partition coefficient (Wildman–Crippen LogP) is 11.5. The van der Waals surface area contributed by atoms with Gasteiger partial charge in [0.15, 0.2) is 16.6 Å². The summed E-state index contributed by atoms with van der Waals surface area (Å²) in [7, 11) is 2.20. The van der Waals surface area contributed by atoms with Crippen molar-refractivity contribution in [2.75, 3.05) is 0 Å². The van der Waals surface area contributed by atoms with Crippen LogP contribution in [-0.2, 0) is 12.5 Å². The molecule has 7 aromatic rings. The molecule has 0 bridgehead atoms. The highest BCUT2D eigenvalue weighted by Crippen LogP contribution is 2.43. The first-order valence-corrected chi connectivity index (χ1v) is 16.7. The number of aromatic nitrogens is 2. The van der Waals surface area contributed by atoms with E-state index in [1.807, 2.05) is 0 Å². The van der Waals surface area contributed by atoms with Crippen molar-refractivity contribution in [3.63, 3.8) is 0 Å². The lowest BCUT2D eigenvalue weighted by atomic mass is 9.86. The quantitative estimate of drug-likeness (QED) is 0.179. The molecule has 2 aromatic heterocycles. The van der Waals surface area contributed by atoms with E-state index >= 15 is 0 Å². The Morgan fingerprint density at radius 2 is 1.33 bits per heavy atom. The van der Waals surface area contributed by atoms with Gasteiger partial charge in [0.25, 0.3) is 5.82 Å². The lowest BCUT2D eigenvalue weighted by Gasteiger charge is -2.21. The van der Waals surface area contributed by atoms with Gasteiger partial charge in [-0.1, -0.05) is 115 Å². The fourth-order valence-electron chi connectivity index (χ4n) is 7.12. The molecule has 0 aliphatic carbocycles. The van der Waals surface area contributed by atoms with E-state index in [0.29, 0.717) is 11.8 Å². The largest absolute Gasteiger partial charge is 0.455 e. The minimum Gasteiger partial charge on any atom is -0.455 e. The SMILES string of the molecule is Cc1ccc2c(oc3cc(C(C)(C)C)ccc32)c1-c1n(-c2c(C(C)C)cc(-c3ccccc3)cc2C(C)C)c2ccccc2[n+]1C. The Balaban J connectivity index is 1.62. The Morgan fingerprint density at radius 1 is 0.696 bits per heavy atom. The topological polar surface area (TPSA) is 21.9 Å². The van der Waals surface area contributed by atoms with Crippen molar-refractivity contribution in [3.8, 4) is 28.2 Å². The third-order valence-corrected chi connectivity index (χ3v) is 9.70. The maximum Gasteiger partial charge on any atom is 0.299 e. The second-order valence-corrected chi connectivity index (χ2v) is 14.6. The maximum atomic E-state index is 6.90. The van der Waals surface area contributed by atoms with Gasteiger partial charge >= 0.3 is 0 Å². The molecule has 0 saturated heterocycles. The molecule has 0 amide bonds. The third-order valence-electron chi connectivity index (χ3n) is 9.70. The summed E-state index contributed by atoms with van der Waals surface area (Å²) in [5, 5.41) is 2.31. The zero-order valence-electron chi connectivity index (χ0n) is 28.7. The van der Waals surface area contributed by atoms with Crippen LogP contribution < -0.4 is 4.57 Å². The number of nitrogens with zero attached hydrogens (tertiary/aromatic N) is 2. The average Bonchev–Trinajstić information content (AvgIpc) is 3.54. The van der Waals surface area contributed by atoms with Crippen molar-refractivity contribution in [1.82, 2.24) is 4.57 Å². The molecule has 5 aromatic carbocycles. The van der Waals surface area contributed by atoms with Crippen LogP contribution in [0.1, 0.15) is 82.6 Å². The van der Waals surface area contributed by atoms with Gasteiger partial charge in [0.2, 0.25) is 0 Å². The van der Waals surface area contributed by atoms with Crippen LogP contribution in [0, 0.1) is 6.92 Å². The minimum absolute atomic E-state index is 0.0389. The van der Waals surface area contributed by atoms with Crippen molar-refractivity contribution < 1.29 is 8.98 Å². The molecule has 0 fully saturated rings. The van der Waals surface area contributed by atoms with Gasteiger partial charge in [0, 0.05) is 21.9 Å². The van der Waals surface area contributed by atoms with E-state index in [9.17, 15) is 0 Å². The first-order chi connectivity index (χ1) is 22.0. The van der Waals surface area contributed by atoms with Crippen molar-refractivity contribution in [2.45, 2.75) is 72.6 Å². The highest BCUT2D eigenvalue weighted by atomic mass is 16.3. The van der Waals surface area contributed by atoms with E-state index in [1.165, 1.54) is 50.1 Å². The minimum atomic E-state index is 0.0389. The molecule has 2 heterocycles. The predicted molar refractivity (Wildman–Crippen MR) is 194 cm³/mol. The van der Waals surface area contributed by atoms with Gasteiger partial charge < -0.3 is 4.42 Å². The van der Waals surface area contributed by atoms with E-state index in [2.05, 4.69) is 169 Å². The molecule has 0 spiro atoms. The van der Waals surface area contributed by atoms with Crippen LogP contribution in [0.3, 0.4) is 0 Å². The molecule has 0 aliphatic heterocycles. The first-order valence-electron chi connectivity index (χ1n) is 16.7. The van der Waals surface area contributed by atoms with Crippen LogP contribution in [-0.4, -0.2) is 4.57 Å². The Kier molecular flexibility index (Phi) is 7.20. The lowest BCUT2D eigenvalue weighted by Crippen LogP contribution is -2.30. The van der Waals surface area contributed by atoms with E-state index in [-0.39, 0.29) is 5.41 Å². The van der Waals surface area contributed by atoms with Crippen LogP contribution in [0.2, 0.25) is 0 Å². The van der Waals surface area contributed by atoms with Gasteiger partial charge in [-0.15, -0.1) is 0 Å². The molecule has 0 atom stereocenters. The van der Waals surface area contributed by atoms with Gasteiger partial charge in [0.1, 0.15) is 16.8 Å². The number of furan rings is 1. The summed E-state index contributed by atoms with van der Waals surface area (Å²) in [6.07, 6.45) is 0. The average molecular weight is 606 g/mol. The van der Waals surface area contributed by atoms with Gasteiger partial charge in [0.05, 0.1) is 7.05 Å². The highest BCUT2D eigenvalue weighted by molar-refractivity contribution is 6.10. The number of fused-ring (bicyclic) bond motifs is 4. The molecule has 0 radical (unpaired) electrons. The lowest BCUT2D eigenvalue weighted by molar-refractivity contribution is -0.633. The maximum absolute atomic E-state index is 6.90. The molecule has 3 nitrogen and oxygen atoms in total. The molecule has 232 valence electrons. The van der Waals surface area contributed by atoms with Crippen molar-refractivity contribution in [2.24, 2.45) is 7.05 Å². The molecule has 3 heteroatoms. The first kappa shape index (κ1) is 30.0. The molecular formula is C43H45N2O+. The van der Waals surface area contributed by atoms with E-state index in [0.717, 1.165) is 33.3 Å². The summed E-state index contributed by atoms with van der Waals surface area (Å²) in [6, 6.07) is 35.7. The Hall–Kier alpha value is -4.63. The number of aryl methyl sites for hydroxylation is 2. The molecule has 0 N–H and O–H groups in total. The second-order valence-electron chi connectivity index (χ2n) is 14.6. The Labute approximate surface area is 273 Å². The van der Waals surface area contributed by atoms with Gasteiger partial charge in [-0.05, 0) is 76.8 Å². The number of rotatable bonds is 5. The van der Waals surface area contributed by atoms with Crippen LogP contribution in [0.15, 0.2) is 101 Å². The zero-order chi connectivity index (χ0) is 32.5. The summed E-state index contributed by atoms with van der Waals surface area (Å²) >= 11 is 0. The summed E-state index contributed by atoms with van der Waals surface area (Å²) < 4.78 is 11.8. The molecule has 7 rings (SSSR count). The van der Waals surface area contributed by atoms with Crippen LogP contribution in [0.4, 0.5) is 0 Å². The van der Waals surface area contributed by atoms with E-state index in [4.69, 9.17) is 4.42 Å². The van der Waals surface area contributed by atoms with Gasteiger partial charge in [-0.3, -0.25) is 0 Å². The monoisotopic (exact) mass is 605 g/mol.